The first kappa shape index (κ1) is 11.4. The van der Waals surface area contributed by atoms with Crippen molar-refractivity contribution >= 4 is 17.4 Å². The van der Waals surface area contributed by atoms with Crippen LogP contribution in [0.1, 0.15) is 31.1 Å². The summed E-state index contributed by atoms with van der Waals surface area (Å²) in [6.45, 7) is 5.15. The molecule has 0 fully saturated rings. The maximum Gasteiger partial charge on any atom is 0.226 e. The highest BCUT2D eigenvalue weighted by Crippen LogP contribution is 2.12. The van der Waals surface area contributed by atoms with E-state index in [1.807, 2.05) is 13.8 Å². The lowest BCUT2D eigenvalue weighted by Gasteiger charge is -2.08. The Hall–Kier alpha value is -1.64. The summed E-state index contributed by atoms with van der Waals surface area (Å²) in [7, 11) is 0. The minimum atomic E-state index is -0.0639. The fraction of sp³-hybridized carbons (Fsp3) is 0.333. The molecule has 1 amide bonds. The zero-order valence-electron chi connectivity index (χ0n) is 9.20. The predicted molar refractivity (Wildman–Crippen MR) is 59.9 cm³/mol. The number of nitrogens with one attached hydrogen (secondary N) is 1. The van der Waals surface area contributed by atoms with Crippen LogP contribution in [-0.2, 0) is 4.79 Å². The van der Waals surface area contributed by atoms with Crippen LogP contribution in [0.5, 0.6) is 0 Å². The molecule has 0 saturated heterocycles. The summed E-state index contributed by atoms with van der Waals surface area (Å²) in [6.07, 6.45) is 0. The van der Waals surface area contributed by atoms with Gasteiger partial charge in [-0.2, -0.15) is 0 Å². The molecule has 1 aromatic carbocycles. The Morgan fingerprint density at radius 1 is 1.27 bits per heavy atom. The first-order chi connectivity index (χ1) is 7.00. The van der Waals surface area contributed by atoms with Crippen LogP contribution < -0.4 is 5.32 Å². The van der Waals surface area contributed by atoms with Crippen molar-refractivity contribution in [1.82, 2.24) is 0 Å². The standard InChI is InChI=1S/C12H15NO2/c1-8(2)12(15)13-11-6-4-5-10(7-11)9(3)14/h4-8H,1-3H3,(H,13,15). The Balaban J connectivity index is 2.83. The van der Waals surface area contributed by atoms with Crippen molar-refractivity contribution < 1.29 is 9.59 Å². The van der Waals surface area contributed by atoms with E-state index in [4.69, 9.17) is 0 Å². The lowest BCUT2D eigenvalue weighted by molar-refractivity contribution is -0.118. The SMILES string of the molecule is CC(=O)c1cccc(NC(=O)C(C)C)c1. The van der Waals surface area contributed by atoms with Crippen LogP contribution in [0, 0.1) is 5.92 Å². The van der Waals surface area contributed by atoms with E-state index in [0.29, 0.717) is 11.3 Å². The summed E-state index contributed by atoms with van der Waals surface area (Å²) in [6, 6.07) is 6.94. The molecule has 1 rings (SSSR count). The molecule has 0 aliphatic rings. The summed E-state index contributed by atoms with van der Waals surface area (Å²) >= 11 is 0. The van der Waals surface area contributed by atoms with Crippen molar-refractivity contribution in [3.63, 3.8) is 0 Å². The van der Waals surface area contributed by atoms with Gasteiger partial charge in [0.05, 0.1) is 0 Å². The number of amides is 1. The number of hydrogen-bond acceptors (Lipinski definition) is 2. The second-order valence-electron chi connectivity index (χ2n) is 3.78. The van der Waals surface area contributed by atoms with E-state index in [1.54, 1.807) is 24.3 Å². The van der Waals surface area contributed by atoms with Gasteiger partial charge >= 0.3 is 0 Å². The fourth-order valence-electron chi connectivity index (χ4n) is 1.10. The van der Waals surface area contributed by atoms with Crippen LogP contribution >= 0.6 is 0 Å². The minimum Gasteiger partial charge on any atom is -0.326 e. The van der Waals surface area contributed by atoms with Crippen LogP contribution in [0.4, 0.5) is 5.69 Å². The molecule has 3 nitrogen and oxygen atoms in total. The van der Waals surface area contributed by atoms with Gasteiger partial charge in [-0.1, -0.05) is 26.0 Å². The van der Waals surface area contributed by atoms with E-state index in [2.05, 4.69) is 5.32 Å². The summed E-state index contributed by atoms with van der Waals surface area (Å²) < 4.78 is 0. The quantitative estimate of drug-likeness (QED) is 0.770. The number of anilines is 1. The number of hydrogen-bond donors (Lipinski definition) is 1. The number of ketones is 1. The Labute approximate surface area is 89.5 Å². The molecule has 80 valence electrons. The van der Waals surface area contributed by atoms with Gasteiger partial charge < -0.3 is 5.32 Å². The summed E-state index contributed by atoms with van der Waals surface area (Å²) in [4.78, 5) is 22.5. The van der Waals surface area contributed by atoms with Gasteiger partial charge in [0.25, 0.3) is 0 Å². The monoisotopic (exact) mass is 205 g/mol. The van der Waals surface area contributed by atoms with E-state index < -0.39 is 0 Å². The molecule has 0 aliphatic carbocycles. The molecule has 0 unspecified atom stereocenters. The zero-order chi connectivity index (χ0) is 11.4. The van der Waals surface area contributed by atoms with E-state index in [0.717, 1.165) is 0 Å². The van der Waals surface area contributed by atoms with Crippen LogP contribution in [0.25, 0.3) is 0 Å². The molecular formula is C12H15NO2. The van der Waals surface area contributed by atoms with Crippen molar-refractivity contribution in [2.45, 2.75) is 20.8 Å². The molecule has 3 heteroatoms. The Kier molecular flexibility index (Phi) is 3.61. The van der Waals surface area contributed by atoms with Crippen molar-refractivity contribution in [3.8, 4) is 0 Å². The third kappa shape index (κ3) is 3.20. The largest absolute Gasteiger partial charge is 0.326 e. The van der Waals surface area contributed by atoms with E-state index >= 15 is 0 Å². The Bertz CT molecular complexity index is 383. The van der Waals surface area contributed by atoms with Crippen molar-refractivity contribution in [2.75, 3.05) is 5.32 Å². The lowest BCUT2D eigenvalue weighted by atomic mass is 10.1. The number of carbonyl (C=O) groups excluding carboxylic acids is 2. The second-order valence-corrected chi connectivity index (χ2v) is 3.78. The molecule has 0 saturated carbocycles. The van der Waals surface area contributed by atoms with Crippen LogP contribution in [0.2, 0.25) is 0 Å². The second kappa shape index (κ2) is 4.73. The molecule has 0 atom stereocenters. The first-order valence-corrected chi connectivity index (χ1v) is 4.92. The van der Waals surface area contributed by atoms with Gasteiger partial charge in [0.2, 0.25) is 5.91 Å². The molecule has 0 radical (unpaired) electrons. The Morgan fingerprint density at radius 2 is 1.93 bits per heavy atom. The van der Waals surface area contributed by atoms with Gasteiger partial charge in [-0.25, -0.2) is 0 Å². The normalized spacial score (nSPS) is 10.1. The highest BCUT2D eigenvalue weighted by molar-refractivity contribution is 5.97. The third-order valence-electron chi connectivity index (χ3n) is 2.06. The molecule has 0 heterocycles. The van der Waals surface area contributed by atoms with Gasteiger partial charge in [0, 0.05) is 17.2 Å². The van der Waals surface area contributed by atoms with Gasteiger partial charge in [-0.05, 0) is 19.1 Å². The summed E-state index contributed by atoms with van der Waals surface area (Å²) in [5, 5.41) is 2.75. The maximum absolute atomic E-state index is 11.4. The molecule has 1 aromatic rings. The zero-order valence-corrected chi connectivity index (χ0v) is 9.20. The molecule has 0 spiro atoms. The summed E-state index contributed by atoms with van der Waals surface area (Å²) in [5.41, 5.74) is 1.28. The van der Waals surface area contributed by atoms with Crippen molar-refractivity contribution in [2.24, 2.45) is 5.92 Å². The van der Waals surface area contributed by atoms with Gasteiger partial charge in [-0.15, -0.1) is 0 Å². The predicted octanol–water partition coefficient (Wildman–Crippen LogP) is 2.48. The average molecular weight is 205 g/mol. The van der Waals surface area contributed by atoms with E-state index in [9.17, 15) is 9.59 Å². The maximum atomic E-state index is 11.4. The van der Waals surface area contributed by atoms with Gasteiger partial charge in [-0.3, -0.25) is 9.59 Å². The Morgan fingerprint density at radius 3 is 2.47 bits per heavy atom. The molecule has 0 aromatic heterocycles. The number of Topliss-reactive ketones (excluding diaryl/α,β-unsaturated/α-hetero) is 1. The minimum absolute atomic E-state index is 0.00403. The number of rotatable bonds is 3. The van der Waals surface area contributed by atoms with Crippen LogP contribution in [-0.4, -0.2) is 11.7 Å². The lowest BCUT2D eigenvalue weighted by Crippen LogP contribution is -2.17. The smallest absolute Gasteiger partial charge is 0.226 e. The average Bonchev–Trinajstić information content (AvgIpc) is 2.18. The van der Waals surface area contributed by atoms with E-state index in [1.165, 1.54) is 6.92 Å². The topological polar surface area (TPSA) is 46.2 Å². The highest BCUT2D eigenvalue weighted by Gasteiger charge is 2.07. The van der Waals surface area contributed by atoms with Crippen molar-refractivity contribution in [1.29, 1.82) is 0 Å². The molecule has 0 aliphatic heterocycles. The highest BCUT2D eigenvalue weighted by atomic mass is 16.1. The van der Waals surface area contributed by atoms with Crippen LogP contribution in [0.15, 0.2) is 24.3 Å². The number of carbonyl (C=O) groups is 2. The van der Waals surface area contributed by atoms with Gasteiger partial charge in [0.15, 0.2) is 5.78 Å². The molecule has 1 N–H and O–H groups in total. The van der Waals surface area contributed by atoms with E-state index in [-0.39, 0.29) is 17.6 Å². The summed E-state index contributed by atoms with van der Waals surface area (Å²) in [5.74, 6) is -0.114. The molecular weight excluding hydrogens is 190 g/mol. The molecule has 0 bridgehead atoms. The first-order valence-electron chi connectivity index (χ1n) is 4.92. The fourth-order valence-corrected chi connectivity index (χ4v) is 1.10. The number of benzene rings is 1. The van der Waals surface area contributed by atoms with Gasteiger partial charge in [0.1, 0.15) is 0 Å². The van der Waals surface area contributed by atoms with Crippen molar-refractivity contribution in [3.05, 3.63) is 29.8 Å². The van der Waals surface area contributed by atoms with Crippen LogP contribution in [0.3, 0.4) is 0 Å². The third-order valence-corrected chi connectivity index (χ3v) is 2.06. The molecule has 15 heavy (non-hydrogen) atoms.